The second-order valence-electron chi connectivity index (χ2n) is 8.03. The Balaban J connectivity index is 1.54. The number of hydrogen-bond donors (Lipinski definition) is 1. The van der Waals surface area contributed by atoms with Gasteiger partial charge in [0.15, 0.2) is 11.5 Å². The third-order valence-corrected chi connectivity index (χ3v) is 5.39. The van der Waals surface area contributed by atoms with E-state index in [1.54, 1.807) is 29.0 Å². The van der Waals surface area contributed by atoms with Crippen LogP contribution in [0.2, 0.25) is 0 Å². The second-order valence-corrected chi connectivity index (χ2v) is 8.03. The fourth-order valence-electron chi connectivity index (χ4n) is 3.84. The van der Waals surface area contributed by atoms with E-state index in [1.165, 1.54) is 29.2 Å². The number of nitrogens with zero attached hydrogens (tertiary/aromatic N) is 7. The van der Waals surface area contributed by atoms with Crippen molar-refractivity contribution >= 4 is 11.6 Å². The summed E-state index contributed by atoms with van der Waals surface area (Å²) in [5.74, 6) is -3.08. The highest BCUT2D eigenvalue weighted by Gasteiger charge is 2.37. The first-order valence-corrected chi connectivity index (χ1v) is 10.3. The van der Waals surface area contributed by atoms with E-state index < -0.39 is 17.8 Å². The normalized spacial score (nSPS) is 12.9. The molecule has 1 atom stereocenters. The molecule has 0 spiro atoms. The molecule has 0 saturated carbocycles. The average molecular weight is 464 g/mol. The zero-order valence-corrected chi connectivity index (χ0v) is 18.2. The molecule has 0 saturated heterocycles. The van der Waals surface area contributed by atoms with Gasteiger partial charge in [0, 0.05) is 36.6 Å². The number of aryl methyl sites for hydroxylation is 1. The van der Waals surface area contributed by atoms with E-state index in [0.29, 0.717) is 28.3 Å². The molecule has 5 rings (SSSR count). The van der Waals surface area contributed by atoms with Crippen LogP contribution in [-0.4, -0.2) is 40.3 Å². The molecule has 11 heteroatoms. The number of nitrogen functional groups attached to an aromatic ring is 1. The summed E-state index contributed by atoms with van der Waals surface area (Å²) in [4.78, 5) is 13.2. The number of hydrogen-bond acceptors (Lipinski definition) is 6. The van der Waals surface area contributed by atoms with Gasteiger partial charge in [-0.2, -0.15) is 10.1 Å². The molecule has 0 bridgehead atoms. The molecule has 0 aliphatic rings. The maximum Gasteiger partial charge on any atom is 0.271 e. The van der Waals surface area contributed by atoms with Crippen molar-refractivity contribution in [1.29, 1.82) is 0 Å². The SMILES string of the molecule is Cc1cnc(-c2ccn3nc(N)nc3c2)nc1-c1cnn([C@H](c2ccc(F)cc2)C(C)(F)F)c1. The van der Waals surface area contributed by atoms with Crippen molar-refractivity contribution in [2.24, 2.45) is 0 Å². The fourth-order valence-corrected chi connectivity index (χ4v) is 3.84. The van der Waals surface area contributed by atoms with Crippen molar-refractivity contribution in [2.45, 2.75) is 25.8 Å². The summed E-state index contributed by atoms with van der Waals surface area (Å²) < 4.78 is 45.2. The van der Waals surface area contributed by atoms with Gasteiger partial charge in [0.1, 0.15) is 11.9 Å². The first kappa shape index (κ1) is 21.6. The molecular formula is C23H19F3N8. The molecular weight excluding hydrogens is 445 g/mol. The molecule has 0 amide bonds. The Kier molecular flexibility index (Phi) is 5.03. The number of alkyl halides is 2. The lowest BCUT2D eigenvalue weighted by atomic mass is 10.0. The monoisotopic (exact) mass is 464 g/mol. The van der Waals surface area contributed by atoms with Crippen LogP contribution in [0.25, 0.3) is 28.3 Å². The van der Waals surface area contributed by atoms with E-state index in [4.69, 9.17) is 5.73 Å². The van der Waals surface area contributed by atoms with Gasteiger partial charge in [-0.3, -0.25) is 4.68 Å². The van der Waals surface area contributed by atoms with Crippen LogP contribution in [0.1, 0.15) is 24.1 Å². The molecule has 8 nitrogen and oxygen atoms in total. The van der Waals surface area contributed by atoms with E-state index in [2.05, 4.69) is 25.1 Å². The molecule has 4 heterocycles. The van der Waals surface area contributed by atoms with Crippen LogP contribution < -0.4 is 5.73 Å². The Labute approximate surface area is 191 Å². The summed E-state index contributed by atoms with van der Waals surface area (Å²) in [6.07, 6.45) is 6.34. The number of rotatable bonds is 5. The topological polar surface area (TPSA) is 99.8 Å². The predicted molar refractivity (Wildman–Crippen MR) is 120 cm³/mol. The largest absolute Gasteiger partial charge is 0.366 e. The molecule has 0 aliphatic heterocycles. The van der Waals surface area contributed by atoms with Gasteiger partial charge >= 0.3 is 0 Å². The van der Waals surface area contributed by atoms with Gasteiger partial charge in [-0.1, -0.05) is 12.1 Å². The van der Waals surface area contributed by atoms with E-state index in [9.17, 15) is 13.2 Å². The van der Waals surface area contributed by atoms with Crippen LogP contribution in [0.3, 0.4) is 0 Å². The Morgan fingerprint density at radius 3 is 2.53 bits per heavy atom. The quantitative estimate of drug-likeness (QED) is 0.416. The molecule has 172 valence electrons. The number of aromatic nitrogens is 7. The lowest BCUT2D eigenvalue weighted by Gasteiger charge is -2.24. The number of anilines is 1. The molecule has 5 aromatic rings. The van der Waals surface area contributed by atoms with Crippen molar-refractivity contribution in [3.05, 3.63) is 78.1 Å². The van der Waals surface area contributed by atoms with Crippen LogP contribution in [0.5, 0.6) is 0 Å². The second kappa shape index (κ2) is 7.94. The number of halogens is 3. The Bertz CT molecular complexity index is 1480. The standard InChI is InChI=1S/C23H19F3N8/c1-13-10-28-21(15-7-8-33-18(9-15)30-22(27)32-33)31-19(13)16-11-29-34(12-16)20(23(2,25)26)14-3-5-17(24)6-4-14/h3-12,20H,1-2H3,(H2,27,32)/t20-/m1/s1. The lowest BCUT2D eigenvalue weighted by Crippen LogP contribution is -2.29. The smallest absolute Gasteiger partial charge is 0.271 e. The summed E-state index contributed by atoms with van der Waals surface area (Å²) in [6.45, 7) is 2.63. The van der Waals surface area contributed by atoms with Gasteiger partial charge in [-0.15, -0.1) is 5.10 Å². The summed E-state index contributed by atoms with van der Waals surface area (Å²) in [5, 5.41) is 8.24. The summed E-state index contributed by atoms with van der Waals surface area (Å²) in [6, 6.07) is 7.09. The molecule has 1 aromatic carbocycles. The highest BCUT2D eigenvalue weighted by atomic mass is 19.3. The number of benzene rings is 1. The van der Waals surface area contributed by atoms with Crippen LogP contribution in [0.15, 0.2) is 61.2 Å². The Morgan fingerprint density at radius 2 is 1.79 bits per heavy atom. The third kappa shape index (κ3) is 3.96. The molecule has 2 N–H and O–H groups in total. The van der Waals surface area contributed by atoms with Gasteiger partial charge in [0.05, 0.1) is 11.9 Å². The average Bonchev–Trinajstić information content (AvgIpc) is 3.40. The summed E-state index contributed by atoms with van der Waals surface area (Å²) in [7, 11) is 0. The van der Waals surface area contributed by atoms with Crippen molar-refractivity contribution in [3.8, 4) is 22.6 Å². The van der Waals surface area contributed by atoms with E-state index >= 15 is 0 Å². The van der Waals surface area contributed by atoms with Crippen LogP contribution >= 0.6 is 0 Å². The lowest BCUT2D eigenvalue weighted by molar-refractivity contribution is -0.0217. The van der Waals surface area contributed by atoms with Crippen molar-refractivity contribution in [3.63, 3.8) is 0 Å². The minimum atomic E-state index is -3.15. The first-order chi connectivity index (χ1) is 16.2. The molecule has 0 unspecified atom stereocenters. The molecule has 0 fully saturated rings. The Morgan fingerprint density at radius 1 is 1.03 bits per heavy atom. The zero-order chi connectivity index (χ0) is 24.0. The van der Waals surface area contributed by atoms with Gasteiger partial charge in [0.25, 0.3) is 5.92 Å². The number of fused-ring (bicyclic) bond motifs is 1. The van der Waals surface area contributed by atoms with Crippen molar-refractivity contribution in [2.75, 3.05) is 5.73 Å². The molecule has 0 radical (unpaired) electrons. The minimum absolute atomic E-state index is 0.151. The van der Waals surface area contributed by atoms with Crippen LogP contribution in [0.4, 0.5) is 19.1 Å². The van der Waals surface area contributed by atoms with Gasteiger partial charge in [0.2, 0.25) is 5.95 Å². The molecule has 34 heavy (non-hydrogen) atoms. The van der Waals surface area contributed by atoms with Crippen molar-refractivity contribution in [1.82, 2.24) is 34.3 Å². The van der Waals surface area contributed by atoms with Crippen molar-refractivity contribution < 1.29 is 13.2 Å². The van der Waals surface area contributed by atoms with Gasteiger partial charge in [-0.05, 0) is 42.3 Å². The van der Waals surface area contributed by atoms with E-state index in [1.807, 2.05) is 6.92 Å². The van der Waals surface area contributed by atoms with E-state index in [-0.39, 0.29) is 11.5 Å². The summed E-state index contributed by atoms with van der Waals surface area (Å²) in [5.41, 5.74) is 8.97. The summed E-state index contributed by atoms with van der Waals surface area (Å²) >= 11 is 0. The first-order valence-electron chi connectivity index (χ1n) is 10.3. The third-order valence-electron chi connectivity index (χ3n) is 5.39. The number of pyridine rings is 1. The highest BCUT2D eigenvalue weighted by molar-refractivity contribution is 5.67. The van der Waals surface area contributed by atoms with Gasteiger partial charge in [-0.25, -0.2) is 27.7 Å². The maximum atomic E-state index is 14.6. The van der Waals surface area contributed by atoms with Gasteiger partial charge < -0.3 is 5.73 Å². The molecule has 0 aliphatic carbocycles. The highest BCUT2D eigenvalue weighted by Crippen LogP contribution is 2.35. The van der Waals surface area contributed by atoms with Crippen LogP contribution in [-0.2, 0) is 0 Å². The maximum absolute atomic E-state index is 14.6. The minimum Gasteiger partial charge on any atom is -0.366 e. The predicted octanol–water partition coefficient (Wildman–Crippen LogP) is 4.32. The zero-order valence-electron chi connectivity index (χ0n) is 18.2. The fraction of sp³-hybridized carbons (Fsp3) is 0.174. The van der Waals surface area contributed by atoms with Crippen LogP contribution in [0, 0.1) is 12.7 Å². The Hall–Kier alpha value is -4.28. The molecule has 4 aromatic heterocycles. The number of nitrogens with two attached hydrogens (primary N) is 1. The van der Waals surface area contributed by atoms with E-state index in [0.717, 1.165) is 24.6 Å².